The second kappa shape index (κ2) is 6.54. The van der Waals surface area contributed by atoms with E-state index in [-0.39, 0.29) is 10.6 Å². The molecular weight excluding hydrogens is 364 g/mol. The third kappa shape index (κ3) is 3.33. The number of hydrogen-bond acceptors (Lipinski definition) is 7. The van der Waals surface area contributed by atoms with Crippen molar-refractivity contribution in [1.29, 1.82) is 0 Å². The van der Waals surface area contributed by atoms with Gasteiger partial charge in [-0.1, -0.05) is 12.2 Å². The van der Waals surface area contributed by atoms with Crippen LogP contribution in [0.2, 0.25) is 0 Å². The van der Waals surface area contributed by atoms with E-state index in [2.05, 4.69) is 5.32 Å². The highest BCUT2D eigenvalue weighted by Crippen LogP contribution is 2.39. The number of carboxylic acids is 1. The summed E-state index contributed by atoms with van der Waals surface area (Å²) < 4.78 is 31.0. The Kier molecular flexibility index (Phi) is 4.55. The maximum absolute atomic E-state index is 12.5. The van der Waals surface area contributed by atoms with Gasteiger partial charge in [-0.15, -0.1) is 0 Å². The molecule has 0 saturated carbocycles. The van der Waals surface area contributed by atoms with Crippen molar-refractivity contribution in [2.24, 2.45) is 11.8 Å². The van der Waals surface area contributed by atoms with Gasteiger partial charge in [-0.3, -0.25) is 9.59 Å². The van der Waals surface area contributed by atoms with E-state index in [9.17, 15) is 27.9 Å². The van der Waals surface area contributed by atoms with E-state index in [1.807, 2.05) is 4.72 Å². The predicted molar refractivity (Wildman–Crippen MR) is 85.9 cm³/mol. The SMILES string of the molecule is CC(=O)NS(=O)(=O)c1ccc(NC(=O)[C@H]2[C@@H](C(=O)[O-])[C@@H]3C=C[C@H]2O3)cc1. The smallest absolute Gasteiger partial charge is 0.264 e. The second-order valence-corrected chi connectivity index (χ2v) is 7.68. The summed E-state index contributed by atoms with van der Waals surface area (Å²) in [5, 5.41) is 13.8. The molecule has 1 aromatic rings. The molecule has 0 spiro atoms. The molecular formula is C16H15N2O7S-. The summed E-state index contributed by atoms with van der Waals surface area (Å²) in [5.41, 5.74) is 0.278. The van der Waals surface area contributed by atoms with Gasteiger partial charge in [0, 0.05) is 24.5 Å². The van der Waals surface area contributed by atoms with Crippen LogP contribution < -0.4 is 15.1 Å². The second-order valence-electron chi connectivity index (χ2n) is 6.00. The minimum absolute atomic E-state index is 0.149. The van der Waals surface area contributed by atoms with E-state index in [0.717, 1.165) is 6.92 Å². The summed E-state index contributed by atoms with van der Waals surface area (Å²) in [4.78, 5) is 34.5. The fourth-order valence-corrected chi connectivity index (χ4v) is 4.08. The van der Waals surface area contributed by atoms with Crippen LogP contribution in [0, 0.1) is 11.8 Å². The Balaban J connectivity index is 1.73. The molecule has 26 heavy (non-hydrogen) atoms. The van der Waals surface area contributed by atoms with Gasteiger partial charge in [0.05, 0.1) is 23.0 Å². The number of aliphatic carboxylic acids is 1. The van der Waals surface area contributed by atoms with Gasteiger partial charge in [0.15, 0.2) is 0 Å². The zero-order valence-electron chi connectivity index (χ0n) is 13.5. The monoisotopic (exact) mass is 379 g/mol. The molecule has 2 aliphatic heterocycles. The number of hydrogen-bond donors (Lipinski definition) is 2. The van der Waals surface area contributed by atoms with Crippen molar-refractivity contribution in [3.63, 3.8) is 0 Å². The van der Waals surface area contributed by atoms with Crippen molar-refractivity contribution < 1.29 is 32.6 Å². The van der Waals surface area contributed by atoms with Crippen LogP contribution in [0.15, 0.2) is 41.3 Å². The lowest BCUT2D eigenvalue weighted by molar-refractivity contribution is -0.313. The van der Waals surface area contributed by atoms with Crippen LogP contribution in [0.3, 0.4) is 0 Å². The summed E-state index contributed by atoms with van der Waals surface area (Å²) >= 11 is 0. The topological polar surface area (TPSA) is 142 Å². The average molecular weight is 379 g/mol. The summed E-state index contributed by atoms with van der Waals surface area (Å²) in [7, 11) is -3.97. The molecule has 1 aromatic carbocycles. The van der Waals surface area contributed by atoms with Gasteiger partial charge in [-0.25, -0.2) is 13.1 Å². The fourth-order valence-electron chi connectivity index (χ4n) is 3.09. The molecule has 2 amide bonds. The van der Waals surface area contributed by atoms with Gasteiger partial charge in [0.2, 0.25) is 11.8 Å². The molecule has 1 fully saturated rings. The molecule has 3 rings (SSSR count). The minimum atomic E-state index is -3.97. The van der Waals surface area contributed by atoms with E-state index < -0.39 is 51.9 Å². The Labute approximate surface area is 149 Å². The molecule has 2 bridgehead atoms. The lowest BCUT2D eigenvalue weighted by atomic mass is 9.82. The summed E-state index contributed by atoms with van der Waals surface area (Å²) in [6, 6.07) is 5.11. The number of sulfonamides is 1. The predicted octanol–water partition coefficient (Wildman–Crippen LogP) is -1.23. The number of fused-ring (bicyclic) bond motifs is 2. The van der Waals surface area contributed by atoms with Gasteiger partial charge in [0.1, 0.15) is 0 Å². The Morgan fingerprint density at radius 2 is 1.62 bits per heavy atom. The first-order chi connectivity index (χ1) is 12.2. The summed E-state index contributed by atoms with van der Waals surface area (Å²) in [5.74, 6) is -4.66. The molecule has 1 saturated heterocycles. The molecule has 4 atom stereocenters. The van der Waals surface area contributed by atoms with Gasteiger partial charge >= 0.3 is 0 Å². The Hall–Kier alpha value is -2.72. The Bertz CT molecular complexity index is 892. The van der Waals surface area contributed by atoms with Crippen molar-refractivity contribution in [2.75, 3.05) is 5.32 Å². The maximum atomic E-state index is 12.5. The third-order valence-corrected chi connectivity index (χ3v) is 5.63. The number of nitrogens with one attached hydrogen (secondary N) is 2. The lowest BCUT2D eigenvalue weighted by Gasteiger charge is -2.25. The Morgan fingerprint density at radius 3 is 2.15 bits per heavy atom. The summed E-state index contributed by atoms with van der Waals surface area (Å²) in [6.07, 6.45) is 1.90. The molecule has 0 aromatic heterocycles. The molecule has 0 radical (unpaired) electrons. The van der Waals surface area contributed by atoms with Crippen molar-refractivity contribution in [3.8, 4) is 0 Å². The van der Waals surface area contributed by atoms with Crippen molar-refractivity contribution >= 4 is 33.5 Å². The fraction of sp³-hybridized carbons (Fsp3) is 0.312. The van der Waals surface area contributed by atoms with E-state index in [0.29, 0.717) is 0 Å². The average Bonchev–Trinajstić information content (AvgIpc) is 3.15. The van der Waals surface area contributed by atoms with Gasteiger partial charge in [0.25, 0.3) is 10.0 Å². The number of carboxylic acid groups (broad SMARTS) is 1. The molecule has 2 aliphatic rings. The first kappa shape index (κ1) is 18.1. The highest BCUT2D eigenvalue weighted by molar-refractivity contribution is 7.90. The number of amides is 2. The first-order valence-electron chi connectivity index (χ1n) is 7.68. The zero-order valence-corrected chi connectivity index (χ0v) is 14.4. The highest BCUT2D eigenvalue weighted by Gasteiger charge is 2.50. The first-order valence-corrected chi connectivity index (χ1v) is 9.16. The van der Waals surface area contributed by atoms with Crippen molar-refractivity contribution in [2.45, 2.75) is 24.0 Å². The molecule has 0 aliphatic carbocycles. The Morgan fingerprint density at radius 1 is 1.04 bits per heavy atom. The van der Waals surface area contributed by atoms with Gasteiger partial charge in [-0.2, -0.15) is 0 Å². The number of carbonyl (C=O) groups excluding carboxylic acids is 3. The minimum Gasteiger partial charge on any atom is -0.550 e. The molecule has 2 heterocycles. The van der Waals surface area contributed by atoms with E-state index >= 15 is 0 Å². The van der Waals surface area contributed by atoms with Crippen molar-refractivity contribution in [1.82, 2.24) is 4.72 Å². The highest BCUT2D eigenvalue weighted by atomic mass is 32.2. The zero-order chi connectivity index (χ0) is 19.1. The number of ether oxygens (including phenoxy) is 1. The van der Waals surface area contributed by atoms with E-state index in [1.165, 1.54) is 24.3 Å². The third-order valence-electron chi connectivity index (χ3n) is 4.18. The van der Waals surface area contributed by atoms with Gasteiger partial charge < -0.3 is 20.0 Å². The molecule has 9 nitrogen and oxygen atoms in total. The van der Waals surface area contributed by atoms with Crippen LogP contribution in [0.4, 0.5) is 5.69 Å². The molecule has 2 N–H and O–H groups in total. The quantitative estimate of drug-likeness (QED) is 0.610. The van der Waals surface area contributed by atoms with Crippen LogP contribution in [0.1, 0.15) is 6.92 Å². The largest absolute Gasteiger partial charge is 0.550 e. The number of benzene rings is 1. The van der Waals surface area contributed by atoms with Crippen molar-refractivity contribution in [3.05, 3.63) is 36.4 Å². The van der Waals surface area contributed by atoms with E-state index in [1.54, 1.807) is 12.2 Å². The van der Waals surface area contributed by atoms with Crippen LogP contribution in [0.5, 0.6) is 0 Å². The molecule has 0 unspecified atom stereocenters. The maximum Gasteiger partial charge on any atom is 0.264 e. The van der Waals surface area contributed by atoms with Crippen LogP contribution >= 0.6 is 0 Å². The number of carbonyl (C=O) groups is 3. The molecule has 138 valence electrons. The van der Waals surface area contributed by atoms with E-state index in [4.69, 9.17) is 4.74 Å². The summed E-state index contributed by atoms with van der Waals surface area (Å²) in [6.45, 7) is 1.08. The number of anilines is 1. The van der Waals surface area contributed by atoms with Crippen LogP contribution in [-0.4, -0.2) is 38.4 Å². The molecule has 10 heteroatoms. The number of rotatable bonds is 5. The lowest BCUT2D eigenvalue weighted by Crippen LogP contribution is -2.45. The van der Waals surface area contributed by atoms with Crippen LogP contribution in [-0.2, 0) is 29.1 Å². The standard InChI is InChI=1S/C16H16N2O7S/c1-8(19)18-26(23,24)10-4-2-9(3-5-10)17-15(20)13-11-6-7-12(25-11)14(13)16(21)22/h2-7,11-14H,1H3,(H,17,20)(H,18,19)(H,21,22)/p-1/t11-,12+,13-,14+/m1/s1. The normalized spacial score (nSPS) is 26.5. The van der Waals surface area contributed by atoms with Crippen LogP contribution in [0.25, 0.3) is 0 Å². The van der Waals surface area contributed by atoms with Gasteiger partial charge in [-0.05, 0) is 24.3 Å².